The van der Waals surface area contributed by atoms with E-state index in [1.54, 1.807) is 24.2 Å². The Hall–Kier alpha value is -4.07. The Morgan fingerprint density at radius 1 is 1.13 bits per heavy atom. The topological polar surface area (TPSA) is 86.0 Å². The highest BCUT2D eigenvalue weighted by Crippen LogP contribution is 2.23. The van der Waals surface area contributed by atoms with Crippen LogP contribution in [0.4, 0.5) is 4.79 Å². The van der Waals surface area contributed by atoms with Crippen LogP contribution in [0.2, 0.25) is 0 Å². The second-order valence-electron chi connectivity index (χ2n) is 7.06. The first-order chi connectivity index (χ1) is 15.1. The maximum atomic E-state index is 12.7. The Balaban J connectivity index is 1.44. The van der Waals surface area contributed by atoms with Gasteiger partial charge in [-0.15, -0.1) is 0 Å². The normalized spacial score (nSPS) is 11.7. The van der Waals surface area contributed by atoms with Gasteiger partial charge in [-0.25, -0.2) is 14.5 Å². The number of rotatable bonds is 7. The number of para-hydroxylation sites is 1. The Morgan fingerprint density at radius 3 is 2.58 bits per heavy atom. The van der Waals surface area contributed by atoms with Gasteiger partial charge in [-0.1, -0.05) is 30.3 Å². The lowest BCUT2D eigenvalue weighted by Crippen LogP contribution is -2.38. The van der Waals surface area contributed by atoms with E-state index in [4.69, 9.17) is 4.74 Å². The summed E-state index contributed by atoms with van der Waals surface area (Å²) in [6.07, 6.45) is 7.20. The summed E-state index contributed by atoms with van der Waals surface area (Å²) in [5.41, 5.74) is 2.77. The van der Waals surface area contributed by atoms with Crippen molar-refractivity contribution in [3.05, 3.63) is 96.3 Å². The lowest BCUT2D eigenvalue weighted by atomic mass is 10.1. The van der Waals surface area contributed by atoms with Gasteiger partial charge in [-0.2, -0.15) is 5.10 Å². The number of ether oxygens (including phenoxy) is 1. The van der Waals surface area contributed by atoms with Gasteiger partial charge >= 0.3 is 6.03 Å². The molecule has 8 nitrogen and oxygen atoms in total. The number of nitrogens with one attached hydrogen (secondary N) is 2. The summed E-state index contributed by atoms with van der Waals surface area (Å²) >= 11 is 0. The minimum Gasteiger partial charge on any atom is -0.497 e. The third-order valence-electron chi connectivity index (χ3n) is 4.95. The first-order valence-corrected chi connectivity index (χ1v) is 9.88. The Bertz CT molecular complexity index is 1130. The molecule has 0 spiro atoms. The molecule has 4 rings (SSSR count). The quantitative estimate of drug-likeness (QED) is 0.484. The monoisotopic (exact) mass is 416 g/mol. The van der Waals surface area contributed by atoms with Crippen molar-refractivity contribution in [1.29, 1.82) is 0 Å². The van der Waals surface area contributed by atoms with E-state index < -0.39 is 6.04 Å². The van der Waals surface area contributed by atoms with Crippen molar-refractivity contribution in [2.75, 3.05) is 7.11 Å². The summed E-state index contributed by atoms with van der Waals surface area (Å²) in [4.78, 5) is 17.1. The molecule has 1 atom stereocenters. The largest absolute Gasteiger partial charge is 0.497 e. The summed E-state index contributed by atoms with van der Waals surface area (Å²) in [6, 6.07) is 16.7. The molecule has 0 saturated carbocycles. The zero-order valence-electron chi connectivity index (χ0n) is 17.4. The molecule has 0 aliphatic rings. The number of hydrogen-bond donors (Lipinski definition) is 2. The molecule has 8 heteroatoms. The first-order valence-electron chi connectivity index (χ1n) is 9.88. The maximum Gasteiger partial charge on any atom is 0.315 e. The van der Waals surface area contributed by atoms with E-state index in [0.717, 1.165) is 28.4 Å². The highest BCUT2D eigenvalue weighted by molar-refractivity contribution is 5.74. The van der Waals surface area contributed by atoms with E-state index >= 15 is 0 Å². The molecule has 0 aliphatic heterocycles. The molecule has 0 bridgehead atoms. The van der Waals surface area contributed by atoms with E-state index in [0.29, 0.717) is 6.54 Å². The number of aryl methyl sites for hydroxylation is 1. The summed E-state index contributed by atoms with van der Waals surface area (Å²) < 4.78 is 8.91. The zero-order chi connectivity index (χ0) is 21.6. The van der Waals surface area contributed by atoms with Gasteiger partial charge in [0.05, 0.1) is 19.0 Å². The van der Waals surface area contributed by atoms with Crippen molar-refractivity contribution in [3.63, 3.8) is 0 Å². The predicted molar refractivity (Wildman–Crippen MR) is 117 cm³/mol. The smallest absolute Gasteiger partial charge is 0.315 e. The summed E-state index contributed by atoms with van der Waals surface area (Å²) in [7, 11) is 3.52. The Morgan fingerprint density at radius 2 is 1.90 bits per heavy atom. The van der Waals surface area contributed by atoms with Crippen LogP contribution in [0.1, 0.15) is 23.0 Å². The molecular formula is C23H24N6O2. The van der Waals surface area contributed by atoms with Crippen molar-refractivity contribution in [1.82, 2.24) is 30.0 Å². The van der Waals surface area contributed by atoms with Crippen molar-refractivity contribution >= 4 is 6.03 Å². The highest BCUT2D eigenvalue weighted by Gasteiger charge is 2.21. The van der Waals surface area contributed by atoms with E-state index in [-0.39, 0.29) is 6.03 Å². The van der Waals surface area contributed by atoms with Gasteiger partial charge in [0.15, 0.2) is 0 Å². The zero-order valence-corrected chi connectivity index (χ0v) is 17.4. The van der Waals surface area contributed by atoms with Gasteiger partial charge in [-0.3, -0.25) is 0 Å². The number of benzene rings is 2. The molecule has 2 aromatic heterocycles. The molecule has 0 saturated heterocycles. The van der Waals surface area contributed by atoms with Crippen molar-refractivity contribution in [3.8, 4) is 11.4 Å². The average molecular weight is 416 g/mol. The minimum absolute atomic E-state index is 0.295. The number of imidazole rings is 1. The van der Waals surface area contributed by atoms with Crippen LogP contribution in [0.5, 0.6) is 5.75 Å². The molecule has 0 fully saturated rings. The predicted octanol–water partition coefficient (Wildman–Crippen LogP) is 3.20. The number of hydrogen-bond acceptors (Lipinski definition) is 4. The first kappa shape index (κ1) is 20.2. The van der Waals surface area contributed by atoms with Crippen LogP contribution in [0.15, 0.2) is 79.4 Å². The lowest BCUT2D eigenvalue weighted by molar-refractivity contribution is 0.237. The maximum absolute atomic E-state index is 12.7. The SMILES string of the molecule is COc1ccc([C@H](NC(=O)NCc2cnn(-c3ccccc3)c2)c2nccn2C)cc1. The summed E-state index contributed by atoms with van der Waals surface area (Å²) in [5, 5.41) is 10.3. The standard InChI is InChI=1S/C23H24N6O2/c1-28-13-12-24-22(28)21(18-8-10-20(31-2)11-9-18)27-23(30)25-14-17-15-26-29(16-17)19-6-4-3-5-7-19/h3-13,15-16,21H,14H2,1-2H3,(H2,25,27,30)/t21-/m0/s1. The molecule has 158 valence electrons. The number of nitrogens with zero attached hydrogens (tertiary/aromatic N) is 4. The van der Waals surface area contributed by atoms with Gasteiger partial charge in [0, 0.05) is 37.7 Å². The van der Waals surface area contributed by atoms with Crippen LogP contribution in [-0.4, -0.2) is 32.5 Å². The van der Waals surface area contributed by atoms with Crippen LogP contribution in [0, 0.1) is 0 Å². The van der Waals surface area contributed by atoms with Crippen LogP contribution < -0.4 is 15.4 Å². The van der Waals surface area contributed by atoms with Gasteiger partial charge < -0.3 is 19.9 Å². The highest BCUT2D eigenvalue weighted by atomic mass is 16.5. The number of amides is 2. The van der Waals surface area contributed by atoms with Crippen LogP contribution in [0.25, 0.3) is 5.69 Å². The summed E-state index contributed by atoms with van der Waals surface area (Å²) in [5.74, 6) is 1.49. The van der Waals surface area contributed by atoms with Gasteiger partial charge in [-0.05, 0) is 29.8 Å². The van der Waals surface area contributed by atoms with Gasteiger partial charge in [0.1, 0.15) is 17.6 Å². The molecule has 2 aromatic carbocycles. The van der Waals surface area contributed by atoms with Crippen molar-refractivity contribution in [2.45, 2.75) is 12.6 Å². The molecule has 2 N–H and O–H groups in total. The van der Waals surface area contributed by atoms with Crippen LogP contribution in [-0.2, 0) is 13.6 Å². The fourth-order valence-electron chi connectivity index (χ4n) is 3.29. The van der Waals surface area contributed by atoms with E-state index in [1.807, 2.05) is 78.6 Å². The molecule has 31 heavy (non-hydrogen) atoms. The number of aromatic nitrogens is 4. The summed E-state index contributed by atoms with van der Waals surface area (Å²) in [6.45, 7) is 0.356. The van der Waals surface area contributed by atoms with Crippen molar-refractivity contribution < 1.29 is 9.53 Å². The minimum atomic E-state index is -0.405. The second-order valence-corrected chi connectivity index (χ2v) is 7.06. The number of methoxy groups -OCH3 is 1. The molecule has 0 radical (unpaired) electrons. The van der Waals surface area contributed by atoms with Crippen molar-refractivity contribution in [2.24, 2.45) is 7.05 Å². The molecular weight excluding hydrogens is 392 g/mol. The number of carbonyl (C=O) groups excluding carboxylic acids is 1. The third-order valence-corrected chi connectivity index (χ3v) is 4.95. The molecule has 0 unspecified atom stereocenters. The molecule has 0 aliphatic carbocycles. The number of urea groups is 1. The van der Waals surface area contributed by atoms with Gasteiger partial charge in [0.2, 0.25) is 0 Å². The second kappa shape index (κ2) is 9.17. The lowest BCUT2D eigenvalue weighted by Gasteiger charge is -2.19. The molecule has 2 heterocycles. The van der Waals surface area contributed by atoms with E-state index in [2.05, 4.69) is 20.7 Å². The fourth-order valence-corrected chi connectivity index (χ4v) is 3.29. The average Bonchev–Trinajstić information content (AvgIpc) is 3.46. The Kier molecular flexibility index (Phi) is 5.98. The van der Waals surface area contributed by atoms with E-state index in [1.165, 1.54) is 0 Å². The van der Waals surface area contributed by atoms with Gasteiger partial charge in [0.25, 0.3) is 0 Å². The third kappa shape index (κ3) is 4.75. The number of carbonyl (C=O) groups is 1. The van der Waals surface area contributed by atoms with E-state index in [9.17, 15) is 4.79 Å². The van der Waals surface area contributed by atoms with Crippen LogP contribution in [0.3, 0.4) is 0 Å². The molecule has 4 aromatic rings. The van der Waals surface area contributed by atoms with Crippen LogP contribution >= 0.6 is 0 Å². The fraction of sp³-hybridized carbons (Fsp3) is 0.174. The Labute approximate surface area is 180 Å². The molecule has 2 amide bonds.